The van der Waals surface area contributed by atoms with Gasteiger partial charge in [0, 0.05) is 24.8 Å². The van der Waals surface area contributed by atoms with Crippen LogP contribution in [0.15, 0.2) is 54.6 Å². The summed E-state index contributed by atoms with van der Waals surface area (Å²) in [5.74, 6) is 0.0495. The van der Waals surface area contributed by atoms with E-state index in [-0.39, 0.29) is 5.91 Å². The minimum Gasteiger partial charge on any atom is -0.376 e. The average molecular weight is 394 g/mol. The van der Waals surface area contributed by atoms with Crippen LogP contribution in [0.2, 0.25) is 0 Å². The molecular formula is C25H35N3O. The van der Waals surface area contributed by atoms with E-state index in [1.165, 1.54) is 43.2 Å². The standard InChI is InChI=1S/C25H35N3O/c1-28(23-15-6-3-7-16-23)20-22-14-8-9-17-24(22)27-19-25(29)26-18-10-13-21-11-4-2-5-12-21/h2,4-5,8-9,11-12,14,17,23,27H,3,6-7,10,13,15-16,18-20H2,1H3,(H,26,29). The lowest BCUT2D eigenvalue weighted by Crippen LogP contribution is -2.33. The predicted molar refractivity (Wildman–Crippen MR) is 121 cm³/mol. The van der Waals surface area contributed by atoms with Crippen molar-refractivity contribution in [3.8, 4) is 0 Å². The van der Waals surface area contributed by atoms with Gasteiger partial charge in [-0.05, 0) is 49.9 Å². The number of carbonyl (C=O) groups is 1. The average Bonchev–Trinajstić information content (AvgIpc) is 2.77. The topological polar surface area (TPSA) is 44.4 Å². The highest BCUT2D eigenvalue weighted by Crippen LogP contribution is 2.24. The molecule has 0 heterocycles. The van der Waals surface area contributed by atoms with Gasteiger partial charge in [0.05, 0.1) is 6.54 Å². The molecule has 0 unspecified atom stereocenters. The van der Waals surface area contributed by atoms with Gasteiger partial charge in [-0.1, -0.05) is 67.8 Å². The Morgan fingerprint density at radius 3 is 2.52 bits per heavy atom. The van der Waals surface area contributed by atoms with Crippen LogP contribution in [0.5, 0.6) is 0 Å². The molecule has 1 aliphatic rings. The Hall–Kier alpha value is -2.33. The molecule has 2 N–H and O–H groups in total. The molecule has 29 heavy (non-hydrogen) atoms. The lowest BCUT2D eigenvalue weighted by atomic mass is 9.94. The van der Waals surface area contributed by atoms with Gasteiger partial charge in [-0.15, -0.1) is 0 Å². The van der Waals surface area contributed by atoms with Crippen molar-refractivity contribution in [2.45, 2.75) is 57.5 Å². The Morgan fingerprint density at radius 1 is 1.00 bits per heavy atom. The second-order valence-corrected chi connectivity index (χ2v) is 8.16. The number of hydrogen-bond donors (Lipinski definition) is 2. The number of para-hydroxylation sites is 1. The SMILES string of the molecule is CN(Cc1ccccc1NCC(=O)NCCCc1ccccc1)C1CCCCC1. The molecule has 156 valence electrons. The normalized spacial score (nSPS) is 14.7. The fourth-order valence-corrected chi connectivity index (χ4v) is 4.15. The zero-order valence-electron chi connectivity index (χ0n) is 17.7. The lowest BCUT2D eigenvalue weighted by Gasteiger charge is -2.31. The summed E-state index contributed by atoms with van der Waals surface area (Å²) in [6, 6.07) is 19.4. The summed E-state index contributed by atoms with van der Waals surface area (Å²) < 4.78 is 0. The van der Waals surface area contributed by atoms with Crippen molar-refractivity contribution >= 4 is 11.6 Å². The van der Waals surface area contributed by atoms with Crippen LogP contribution in [0, 0.1) is 0 Å². The fraction of sp³-hybridized carbons (Fsp3) is 0.480. The van der Waals surface area contributed by atoms with E-state index in [0.717, 1.165) is 25.1 Å². The van der Waals surface area contributed by atoms with Gasteiger partial charge in [0.25, 0.3) is 0 Å². The van der Waals surface area contributed by atoms with Crippen molar-refractivity contribution in [3.05, 3.63) is 65.7 Å². The molecule has 0 aromatic heterocycles. The van der Waals surface area contributed by atoms with E-state index in [2.05, 4.69) is 65.0 Å². The van der Waals surface area contributed by atoms with Crippen molar-refractivity contribution in [1.82, 2.24) is 10.2 Å². The number of aryl methyl sites for hydroxylation is 1. The van der Waals surface area contributed by atoms with Crippen LogP contribution in [0.25, 0.3) is 0 Å². The molecule has 0 spiro atoms. The van der Waals surface area contributed by atoms with Gasteiger partial charge in [0.1, 0.15) is 0 Å². The van der Waals surface area contributed by atoms with Crippen LogP contribution in [-0.4, -0.2) is 37.0 Å². The summed E-state index contributed by atoms with van der Waals surface area (Å²) in [7, 11) is 2.23. The molecule has 1 fully saturated rings. The van der Waals surface area contributed by atoms with E-state index in [1.807, 2.05) is 12.1 Å². The first-order valence-electron chi connectivity index (χ1n) is 11.0. The third kappa shape index (κ3) is 7.21. The van der Waals surface area contributed by atoms with E-state index in [1.54, 1.807) is 0 Å². The summed E-state index contributed by atoms with van der Waals surface area (Å²) in [6.07, 6.45) is 8.63. The third-order valence-electron chi connectivity index (χ3n) is 5.88. The maximum atomic E-state index is 12.2. The Bertz CT molecular complexity index is 741. The Labute approximate surface area is 175 Å². The number of carbonyl (C=O) groups excluding carboxylic acids is 1. The van der Waals surface area contributed by atoms with E-state index >= 15 is 0 Å². The van der Waals surface area contributed by atoms with Crippen molar-refractivity contribution in [3.63, 3.8) is 0 Å². The molecule has 1 amide bonds. The van der Waals surface area contributed by atoms with Crippen LogP contribution in [0.4, 0.5) is 5.69 Å². The maximum absolute atomic E-state index is 12.2. The molecule has 2 aromatic rings. The molecule has 0 saturated heterocycles. The predicted octanol–water partition coefficient (Wildman–Crippen LogP) is 4.61. The summed E-state index contributed by atoms with van der Waals surface area (Å²) in [4.78, 5) is 14.7. The lowest BCUT2D eigenvalue weighted by molar-refractivity contribution is -0.119. The first-order chi connectivity index (χ1) is 14.2. The Balaban J connectivity index is 1.41. The molecule has 0 atom stereocenters. The Morgan fingerprint density at radius 2 is 1.72 bits per heavy atom. The highest BCUT2D eigenvalue weighted by atomic mass is 16.1. The fourth-order valence-electron chi connectivity index (χ4n) is 4.15. The van der Waals surface area contributed by atoms with Gasteiger partial charge in [0.2, 0.25) is 5.91 Å². The largest absolute Gasteiger partial charge is 0.376 e. The smallest absolute Gasteiger partial charge is 0.239 e. The van der Waals surface area contributed by atoms with E-state index < -0.39 is 0 Å². The van der Waals surface area contributed by atoms with Gasteiger partial charge in [-0.3, -0.25) is 9.69 Å². The molecule has 0 bridgehead atoms. The number of amides is 1. The highest BCUT2D eigenvalue weighted by molar-refractivity contribution is 5.80. The molecule has 0 aliphatic heterocycles. The molecule has 1 saturated carbocycles. The molecule has 4 heteroatoms. The third-order valence-corrected chi connectivity index (χ3v) is 5.88. The van der Waals surface area contributed by atoms with Crippen LogP contribution in [0.3, 0.4) is 0 Å². The molecule has 1 aliphatic carbocycles. The first-order valence-corrected chi connectivity index (χ1v) is 11.0. The second-order valence-electron chi connectivity index (χ2n) is 8.16. The molecular weight excluding hydrogens is 358 g/mol. The zero-order valence-corrected chi connectivity index (χ0v) is 17.7. The monoisotopic (exact) mass is 393 g/mol. The van der Waals surface area contributed by atoms with E-state index in [4.69, 9.17) is 0 Å². The number of hydrogen-bond acceptors (Lipinski definition) is 3. The van der Waals surface area contributed by atoms with Gasteiger partial charge in [0.15, 0.2) is 0 Å². The summed E-state index contributed by atoms with van der Waals surface area (Å²) in [5.41, 5.74) is 3.64. The minimum absolute atomic E-state index is 0.0495. The van der Waals surface area contributed by atoms with Crippen molar-refractivity contribution < 1.29 is 4.79 Å². The van der Waals surface area contributed by atoms with Crippen molar-refractivity contribution in [2.24, 2.45) is 0 Å². The number of nitrogens with one attached hydrogen (secondary N) is 2. The highest BCUT2D eigenvalue weighted by Gasteiger charge is 2.18. The summed E-state index contributed by atoms with van der Waals surface area (Å²) >= 11 is 0. The Kier molecular flexibility index (Phi) is 8.57. The minimum atomic E-state index is 0.0495. The number of benzene rings is 2. The van der Waals surface area contributed by atoms with Gasteiger partial charge < -0.3 is 10.6 Å². The molecule has 0 radical (unpaired) electrons. The quantitative estimate of drug-likeness (QED) is 0.579. The van der Waals surface area contributed by atoms with Crippen molar-refractivity contribution in [1.29, 1.82) is 0 Å². The molecule has 3 rings (SSSR count). The summed E-state index contributed by atoms with van der Waals surface area (Å²) in [5, 5.41) is 6.36. The van der Waals surface area contributed by atoms with Gasteiger partial charge in [-0.2, -0.15) is 0 Å². The van der Waals surface area contributed by atoms with Gasteiger partial charge in [-0.25, -0.2) is 0 Å². The molecule has 2 aromatic carbocycles. The van der Waals surface area contributed by atoms with Crippen LogP contribution < -0.4 is 10.6 Å². The van der Waals surface area contributed by atoms with E-state index in [0.29, 0.717) is 19.1 Å². The zero-order chi connectivity index (χ0) is 20.3. The van der Waals surface area contributed by atoms with Crippen molar-refractivity contribution in [2.75, 3.05) is 25.5 Å². The van der Waals surface area contributed by atoms with Gasteiger partial charge >= 0.3 is 0 Å². The van der Waals surface area contributed by atoms with Crippen LogP contribution >= 0.6 is 0 Å². The number of nitrogens with zero attached hydrogens (tertiary/aromatic N) is 1. The second kappa shape index (κ2) is 11.6. The molecule has 4 nitrogen and oxygen atoms in total. The first kappa shape index (κ1) is 21.4. The van der Waals surface area contributed by atoms with Crippen LogP contribution in [0.1, 0.15) is 49.7 Å². The summed E-state index contributed by atoms with van der Waals surface area (Å²) in [6.45, 7) is 1.95. The number of anilines is 1. The van der Waals surface area contributed by atoms with E-state index in [9.17, 15) is 4.79 Å². The van der Waals surface area contributed by atoms with Crippen LogP contribution in [-0.2, 0) is 17.8 Å². The number of rotatable bonds is 10. The maximum Gasteiger partial charge on any atom is 0.239 e.